The van der Waals surface area contributed by atoms with Gasteiger partial charge in [-0.15, -0.1) is 0 Å². The number of aromatic amines is 2. The molecule has 1 fully saturated rings. The number of anilines is 1. The third kappa shape index (κ3) is 3.77. The van der Waals surface area contributed by atoms with Gasteiger partial charge in [-0.05, 0) is 24.6 Å². The molecule has 4 heterocycles. The second-order valence-electron chi connectivity index (χ2n) is 7.93. The van der Waals surface area contributed by atoms with Gasteiger partial charge in [-0.25, -0.2) is 13.8 Å². The summed E-state index contributed by atoms with van der Waals surface area (Å²) in [7, 11) is -3.84. The quantitative estimate of drug-likeness (QED) is 0.446. The van der Waals surface area contributed by atoms with Gasteiger partial charge in [-0.3, -0.25) is 14.7 Å². The SMILES string of the molecule is N[C@H]1C[C@@H](N2Cc3[nH]nc(NS(=O)(=O)c4cnc[nH]4)c3C2)CO[C@@H]1c1cc(F)ccc1F. The minimum Gasteiger partial charge on any atom is -0.370 e. The highest BCUT2D eigenvalue weighted by Crippen LogP contribution is 2.35. The van der Waals surface area contributed by atoms with E-state index in [1.807, 2.05) is 0 Å². The molecule has 1 aromatic carbocycles. The summed E-state index contributed by atoms with van der Waals surface area (Å²) >= 11 is 0. The molecule has 2 aliphatic heterocycles. The summed E-state index contributed by atoms with van der Waals surface area (Å²) in [6.45, 7) is 1.22. The van der Waals surface area contributed by atoms with E-state index in [2.05, 4.69) is 29.8 Å². The number of nitrogens with two attached hydrogens (primary N) is 1. The Morgan fingerprint density at radius 2 is 2.12 bits per heavy atom. The number of sulfonamides is 1. The Morgan fingerprint density at radius 1 is 1.28 bits per heavy atom. The van der Waals surface area contributed by atoms with Crippen molar-refractivity contribution in [2.75, 3.05) is 11.3 Å². The molecular weight excluding hydrogens is 444 g/mol. The molecule has 0 aliphatic carbocycles. The van der Waals surface area contributed by atoms with Crippen molar-refractivity contribution in [1.29, 1.82) is 0 Å². The highest BCUT2D eigenvalue weighted by Gasteiger charge is 2.38. The van der Waals surface area contributed by atoms with Crippen molar-refractivity contribution in [2.24, 2.45) is 5.73 Å². The number of nitrogens with one attached hydrogen (secondary N) is 3. The number of nitrogens with zero attached hydrogens (tertiary/aromatic N) is 3. The molecule has 0 amide bonds. The first-order valence-electron chi connectivity index (χ1n) is 9.95. The molecule has 32 heavy (non-hydrogen) atoms. The topological polar surface area (TPSA) is 142 Å². The van der Waals surface area contributed by atoms with Crippen molar-refractivity contribution in [3.8, 4) is 0 Å². The molecule has 0 spiro atoms. The number of fused-ring (bicyclic) bond motifs is 1. The van der Waals surface area contributed by atoms with Crippen LogP contribution in [0.1, 0.15) is 29.3 Å². The number of hydrogen-bond acceptors (Lipinski definition) is 7. The monoisotopic (exact) mass is 465 g/mol. The molecule has 2 aromatic heterocycles. The molecule has 5 N–H and O–H groups in total. The van der Waals surface area contributed by atoms with Gasteiger partial charge in [0.25, 0.3) is 10.0 Å². The number of imidazole rings is 1. The van der Waals surface area contributed by atoms with Crippen molar-refractivity contribution in [2.45, 2.75) is 42.7 Å². The lowest BCUT2D eigenvalue weighted by atomic mass is 9.93. The molecule has 0 saturated carbocycles. The highest BCUT2D eigenvalue weighted by atomic mass is 32.2. The van der Waals surface area contributed by atoms with E-state index in [1.54, 1.807) is 0 Å². The van der Waals surface area contributed by atoms with E-state index < -0.39 is 33.8 Å². The van der Waals surface area contributed by atoms with Crippen molar-refractivity contribution in [3.05, 3.63) is 59.2 Å². The maximum absolute atomic E-state index is 14.2. The summed E-state index contributed by atoms with van der Waals surface area (Å²) in [4.78, 5) is 8.38. The Kier molecular flexibility index (Phi) is 5.20. The molecule has 170 valence electrons. The van der Waals surface area contributed by atoms with Crippen LogP contribution in [0.2, 0.25) is 0 Å². The summed E-state index contributed by atoms with van der Waals surface area (Å²) in [5.41, 5.74) is 7.91. The summed E-state index contributed by atoms with van der Waals surface area (Å²) < 4.78 is 61.0. The van der Waals surface area contributed by atoms with Crippen molar-refractivity contribution < 1.29 is 21.9 Å². The lowest BCUT2D eigenvalue weighted by molar-refractivity contribution is -0.0532. The molecule has 1 saturated heterocycles. The van der Waals surface area contributed by atoms with Crippen LogP contribution >= 0.6 is 0 Å². The molecule has 2 aliphatic rings. The van der Waals surface area contributed by atoms with Crippen LogP contribution in [0.5, 0.6) is 0 Å². The fraction of sp³-hybridized carbons (Fsp3) is 0.368. The van der Waals surface area contributed by atoms with Crippen LogP contribution in [0.3, 0.4) is 0 Å². The summed E-state index contributed by atoms with van der Waals surface area (Å²) in [5, 5.41) is 6.90. The molecule has 3 atom stereocenters. The van der Waals surface area contributed by atoms with Crippen molar-refractivity contribution in [3.63, 3.8) is 0 Å². The maximum Gasteiger partial charge on any atom is 0.280 e. The fourth-order valence-electron chi connectivity index (χ4n) is 4.23. The predicted molar refractivity (Wildman–Crippen MR) is 109 cm³/mol. The third-order valence-corrected chi connectivity index (χ3v) is 7.12. The van der Waals surface area contributed by atoms with Gasteiger partial charge >= 0.3 is 0 Å². The fourth-order valence-corrected chi connectivity index (χ4v) is 5.17. The van der Waals surface area contributed by atoms with Crippen molar-refractivity contribution in [1.82, 2.24) is 25.1 Å². The summed E-state index contributed by atoms with van der Waals surface area (Å²) in [6.07, 6.45) is 2.26. The maximum atomic E-state index is 14.2. The van der Waals surface area contributed by atoms with Gasteiger partial charge in [-0.1, -0.05) is 0 Å². The standard InChI is InChI=1S/C19H21F2N7O3S/c20-10-1-2-14(21)12(3-10)18-15(22)4-11(8-31-18)28-6-13-16(7-28)25-26-19(13)27-32(29,30)17-5-23-9-24-17/h1-3,5,9,11,15,18H,4,6-8,22H2,(H,23,24)(H2,25,26,27)/t11-,15+,18-/m1/s1. The average molecular weight is 465 g/mol. The van der Waals surface area contributed by atoms with Gasteiger partial charge in [-0.2, -0.15) is 13.5 Å². The van der Waals surface area contributed by atoms with Crippen LogP contribution in [-0.2, 0) is 27.8 Å². The number of halogens is 2. The van der Waals surface area contributed by atoms with Gasteiger partial charge in [0, 0.05) is 36.3 Å². The normalized spacial score (nSPS) is 23.9. The number of benzene rings is 1. The first-order valence-corrected chi connectivity index (χ1v) is 11.4. The van der Waals surface area contributed by atoms with Crippen LogP contribution in [0.25, 0.3) is 0 Å². The van der Waals surface area contributed by atoms with E-state index in [0.717, 1.165) is 29.5 Å². The van der Waals surface area contributed by atoms with E-state index in [9.17, 15) is 17.2 Å². The minimum atomic E-state index is -3.84. The molecule has 10 nitrogen and oxygen atoms in total. The first-order chi connectivity index (χ1) is 15.3. The Hall–Kier alpha value is -2.87. The average Bonchev–Trinajstić information content (AvgIpc) is 3.49. The van der Waals surface area contributed by atoms with Gasteiger partial charge in [0.15, 0.2) is 10.8 Å². The van der Waals surface area contributed by atoms with Gasteiger partial charge in [0.2, 0.25) is 0 Å². The third-order valence-electron chi connectivity index (χ3n) is 5.85. The molecular formula is C19H21F2N7O3S. The minimum absolute atomic E-state index is 0.0635. The molecule has 0 unspecified atom stereocenters. The lowest BCUT2D eigenvalue weighted by Crippen LogP contribution is -2.47. The number of hydrogen-bond donors (Lipinski definition) is 4. The molecule has 5 rings (SSSR count). The van der Waals surface area contributed by atoms with Gasteiger partial charge in [0.05, 0.1) is 24.8 Å². The Labute approximate surface area is 182 Å². The number of H-pyrrole nitrogens is 2. The lowest BCUT2D eigenvalue weighted by Gasteiger charge is -2.38. The highest BCUT2D eigenvalue weighted by molar-refractivity contribution is 7.92. The Bertz CT molecular complexity index is 1230. The van der Waals surface area contributed by atoms with Crippen molar-refractivity contribution >= 4 is 15.8 Å². The number of aromatic nitrogens is 4. The largest absolute Gasteiger partial charge is 0.370 e. The van der Waals surface area contributed by atoms with Crippen LogP contribution in [-0.4, -0.2) is 52.2 Å². The second-order valence-corrected chi connectivity index (χ2v) is 9.58. The van der Waals surface area contributed by atoms with Gasteiger partial charge < -0.3 is 15.5 Å². The smallest absolute Gasteiger partial charge is 0.280 e. The number of ether oxygens (including phenoxy) is 1. The molecule has 3 aromatic rings. The van der Waals surface area contributed by atoms with Crippen LogP contribution in [0.4, 0.5) is 14.6 Å². The Morgan fingerprint density at radius 3 is 2.88 bits per heavy atom. The molecule has 0 radical (unpaired) electrons. The zero-order valence-corrected chi connectivity index (χ0v) is 17.6. The van der Waals surface area contributed by atoms with Crippen LogP contribution in [0.15, 0.2) is 35.7 Å². The van der Waals surface area contributed by atoms with Crippen LogP contribution < -0.4 is 10.5 Å². The van der Waals surface area contributed by atoms with E-state index >= 15 is 0 Å². The van der Waals surface area contributed by atoms with E-state index in [1.165, 1.54) is 12.5 Å². The van der Waals surface area contributed by atoms with E-state index in [0.29, 0.717) is 19.5 Å². The first kappa shape index (κ1) is 21.0. The number of rotatable bonds is 5. The summed E-state index contributed by atoms with van der Waals surface area (Å²) in [5.74, 6) is -0.880. The predicted octanol–water partition coefficient (Wildman–Crippen LogP) is 1.38. The van der Waals surface area contributed by atoms with E-state index in [-0.39, 0.29) is 29.1 Å². The second kappa shape index (κ2) is 7.92. The molecule has 13 heteroatoms. The van der Waals surface area contributed by atoms with Crippen LogP contribution in [0, 0.1) is 11.6 Å². The zero-order chi connectivity index (χ0) is 22.5. The molecule has 0 bridgehead atoms. The zero-order valence-electron chi connectivity index (χ0n) is 16.8. The van der Waals surface area contributed by atoms with E-state index in [4.69, 9.17) is 10.5 Å². The summed E-state index contributed by atoms with van der Waals surface area (Å²) in [6, 6.07) is 2.64. The Balaban J connectivity index is 1.27. The van der Waals surface area contributed by atoms with Gasteiger partial charge in [0.1, 0.15) is 17.7 Å².